The molecule has 0 aromatic carbocycles. The molecule has 0 saturated heterocycles. The van der Waals surface area contributed by atoms with Crippen molar-refractivity contribution in [2.24, 2.45) is 0 Å². The first-order valence-corrected chi connectivity index (χ1v) is 4.57. The summed E-state index contributed by atoms with van der Waals surface area (Å²) in [7, 11) is 0. The summed E-state index contributed by atoms with van der Waals surface area (Å²) in [5, 5.41) is 8.15. The fourth-order valence-electron chi connectivity index (χ4n) is 1.06. The highest BCUT2D eigenvalue weighted by molar-refractivity contribution is 7.12. The fraction of sp³-hybridized carbons (Fsp3) is 0.571. The van der Waals surface area contributed by atoms with Gasteiger partial charge >= 0.3 is 6.18 Å². The maximum atomic E-state index is 12.1. The van der Waals surface area contributed by atoms with E-state index in [-0.39, 0.29) is 5.92 Å². The summed E-state index contributed by atoms with van der Waals surface area (Å²) in [6.45, 7) is 0. The minimum absolute atomic E-state index is 0.105. The first-order chi connectivity index (χ1) is 5.98. The third kappa shape index (κ3) is 1.63. The van der Waals surface area contributed by atoms with Crippen molar-refractivity contribution in [3.8, 4) is 5.88 Å². The second-order valence-corrected chi connectivity index (χ2v) is 4.01. The lowest BCUT2D eigenvalue weighted by Crippen LogP contribution is -2.03. The number of aromatic hydroxyl groups is 1. The Morgan fingerprint density at radius 2 is 2.00 bits per heavy atom. The second-order valence-electron chi connectivity index (χ2n) is 2.98. The lowest BCUT2D eigenvalue weighted by Gasteiger charge is -1.98. The van der Waals surface area contributed by atoms with Gasteiger partial charge in [0, 0.05) is 0 Å². The Balaban J connectivity index is 2.34. The van der Waals surface area contributed by atoms with Crippen LogP contribution in [0, 0.1) is 0 Å². The maximum Gasteiger partial charge on any atom is 0.443 e. The standard InChI is InChI=1S/C7H6F3NOS/c8-7(9,10)6-11-5(12)4(13-6)3-1-2-3/h3,12H,1-2H2. The molecule has 13 heavy (non-hydrogen) atoms. The molecule has 72 valence electrons. The van der Waals surface area contributed by atoms with Gasteiger partial charge in [0.25, 0.3) is 0 Å². The first kappa shape index (κ1) is 8.80. The van der Waals surface area contributed by atoms with Crippen LogP contribution in [0.3, 0.4) is 0 Å². The molecule has 1 fully saturated rings. The van der Waals surface area contributed by atoms with Crippen LogP contribution in [0.4, 0.5) is 13.2 Å². The summed E-state index contributed by atoms with van der Waals surface area (Å²) in [5.74, 6) is -0.339. The van der Waals surface area contributed by atoms with Crippen molar-refractivity contribution in [3.05, 3.63) is 9.88 Å². The van der Waals surface area contributed by atoms with E-state index >= 15 is 0 Å². The Bertz CT molecular complexity index is 329. The third-order valence-electron chi connectivity index (χ3n) is 1.83. The summed E-state index contributed by atoms with van der Waals surface area (Å²) in [5.41, 5.74) is 0. The van der Waals surface area contributed by atoms with Gasteiger partial charge in [-0.3, -0.25) is 0 Å². The molecular formula is C7H6F3NOS. The Hall–Kier alpha value is -0.780. The van der Waals surface area contributed by atoms with Crippen LogP contribution in [0.2, 0.25) is 0 Å². The molecule has 2 rings (SSSR count). The molecule has 1 saturated carbocycles. The molecule has 1 N–H and O–H groups in total. The molecule has 1 aromatic heterocycles. The topological polar surface area (TPSA) is 33.1 Å². The molecule has 0 unspecified atom stereocenters. The van der Waals surface area contributed by atoms with E-state index in [2.05, 4.69) is 4.98 Å². The molecule has 0 atom stereocenters. The van der Waals surface area contributed by atoms with Crippen LogP contribution in [-0.2, 0) is 6.18 Å². The molecule has 0 bridgehead atoms. The quantitative estimate of drug-likeness (QED) is 0.771. The molecule has 1 aliphatic rings. The summed E-state index contributed by atoms with van der Waals surface area (Å²) >= 11 is 0.551. The van der Waals surface area contributed by atoms with Crippen LogP contribution in [0.15, 0.2) is 0 Å². The normalized spacial score (nSPS) is 17.8. The average Bonchev–Trinajstić information content (AvgIpc) is 2.73. The zero-order chi connectivity index (χ0) is 9.64. The van der Waals surface area contributed by atoms with E-state index in [4.69, 9.17) is 5.11 Å². The molecule has 0 radical (unpaired) electrons. The number of aromatic nitrogens is 1. The monoisotopic (exact) mass is 209 g/mol. The lowest BCUT2D eigenvalue weighted by molar-refractivity contribution is -0.137. The van der Waals surface area contributed by atoms with Crippen molar-refractivity contribution in [1.82, 2.24) is 4.98 Å². The minimum atomic E-state index is -4.44. The number of hydrogen-bond acceptors (Lipinski definition) is 3. The van der Waals surface area contributed by atoms with Crippen LogP contribution >= 0.6 is 11.3 Å². The van der Waals surface area contributed by atoms with Crippen molar-refractivity contribution in [1.29, 1.82) is 0 Å². The summed E-state index contributed by atoms with van der Waals surface area (Å²) in [4.78, 5) is 3.47. The Morgan fingerprint density at radius 3 is 2.38 bits per heavy atom. The summed E-state index contributed by atoms with van der Waals surface area (Å²) < 4.78 is 36.3. The maximum absolute atomic E-state index is 12.1. The van der Waals surface area contributed by atoms with Crippen LogP contribution in [-0.4, -0.2) is 10.1 Å². The van der Waals surface area contributed by atoms with Crippen LogP contribution in [0.1, 0.15) is 28.6 Å². The van der Waals surface area contributed by atoms with E-state index in [1.54, 1.807) is 0 Å². The average molecular weight is 209 g/mol. The van der Waals surface area contributed by atoms with Gasteiger partial charge in [-0.25, -0.2) is 0 Å². The van der Waals surface area contributed by atoms with Gasteiger partial charge in [0.15, 0.2) is 0 Å². The van der Waals surface area contributed by atoms with Gasteiger partial charge in [-0.15, -0.1) is 11.3 Å². The number of nitrogens with zero attached hydrogens (tertiary/aromatic N) is 1. The Kier molecular flexibility index (Phi) is 1.76. The summed E-state index contributed by atoms with van der Waals surface area (Å²) in [6.07, 6.45) is -2.73. The van der Waals surface area contributed by atoms with E-state index in [0.29, 0.717) is 16.2 Å². The Labute approximate surface area is 76.0 Å². The van der Waals surface area contributed by atoms with Crippen LogP contribution < -0.4 is 0 Å². The second kappa shape index (κ2) is 2.60. The van der Waals surface area contributed by atoms with Gasteiger partial charge in [0.1, 0.15) is 0 Å². The van der Waals surface area contributed by atoms with E-state index in [1.165, 1.54) is 0 Å². The smallest absolute Gasteiger partial charge is 0.443 e. The predicted molar refractivity (Wildman–Crippen MR) is 40.8 cm³/mol. The molecule has 6 heteroatoms. The van der Waals surface area contributed by atoms with Crippen molar-refractivity contribution >= 4 is 11.3 Å². The van der Waals surface area contributed by atoms with Crippen molar-refractivity contribution in [2.45, 2.75) is 24.9 Å². The summed E-state index contributed by atoms with van der Waals surface area (Å²) in [6, 6.07) is 0. The Morgan fingerprint density at radius 1 is 1.38 bits per heavy atom. The molecule has 0 amide bonds. The van der Waals surface area contributed by atoms with E-state index in [0.717, 1.165) is 12.8 Å². The van der Waals surface area contributed by atoms with Crippen molar-refractivity contribution in [3.63, 3.8) is 0 Å². The zero-order valence-corrected chi connectivity index (χ0v) is 7.24. The highest BCUT2D eigenvalue weighted by Gasteiger charge is 2.39. The number of alkyl halides is 3. The highest BCUT2D eigenvalue weighted by atomic mass is 32.1. The van der Waals surface area contributed by atoms with Crippen molar-refractivity contribution < 1.29 is 18.3 Å². The minimum Gasteiger partial charge on any atom is -0.492 e. The molecule has 0 aliphatic heterocycles. The first-order valence-electron chi connectivity index (χ1n) is 3.75. The molecule has 1 aliphatic carbocycles. The van der Waals surface area contributed by atoms with Crippen molar-refractivity contribution in [2.75, 3.05) is 0 Å². The highest BCUT2D eigenvalue weighted by Crippen LogP contribution is 2.48. The predicted octanol–water partition coefficient (Wildman–Crippen LogP) is 2.74. The SMILES string of the molecule is Oc1nc(C(F)(F)F)sc1C1CC1. The lowest BCUT2D eigenvalue weighted by atomic mass is 10.4. The number of halogens is 3. The van der Waals surface area contributed by atoms with Crippen LogP contribution in [0.25, 0.3) is 0 Å². The third-order valence-corrected chi connectivity index (χ3v) is 3.08. The molecule has 1 heterocycles. The molecular weight excluding hydrogens is 203 g/mol. The number of thiazole rings is 1. The number of rotatable bonds is 1. The van der Waals surface area contributed by atoms with E-state index in [9.17, 15) is 13.2 Å². The van der Waals surface area contributed by atoms with Gasteiger partial charge in [-0.2, -0.15) is 18.2 Å². The van der Waals surface area contributed by atoms with Gasteiger partial charge in [0.2, 0.25) is 10.9 Å². The van der Waals surface area contributed by atoms with Gasteiger partial charge < -0.3 is 5.11 Å². The largest absolute Gasteiger partial charge is 0.492 e. The van der Waals surface area contributed by atoms with Gasteiger partial charge in [0.05, 0.1) is 4.88 Å². The molecule has 2 nitrogen and oxygen atoms in total. The van der Waals surface area contributed by atoms with Crippen LogP contribution in [0.5, 0.6) is 5.88 Å². The molecule has 0 spiro atoms. The molecule has 1 aromatic rings. The number of hydrogen-bond donors (Lipinski definition) is 1. The van der Waals surface area contributed by atoms with Gasteiger partial charge in [-0.05, 0) is 18.8 Å². The van der Waals surface area contributed by atoms with Gasteiger partial charge in [-0.1, -0.05) is 0 Å². The fourth-order valence-corrected chi connectivity index (χ4v) is 2.05. The van der Waals surface area contributed by atoms with E-state index in [1.807, 2.05) is 0 Å². The zero-order valence-electron chi connectivity index (χ0n) is 6.43. The van der Waals surface area contributed by atoms with E-state index < -0.39 is 17.1 Å².